The number of hydrogen-bond acceptors (Lipinski definition) is 3. The SMILES string of the molecule is O=C(OC1CCSC1)C1(F)CCC1. The molecule has 1 aliphatic carbocycles. The predicted octanol–water partition coefficient (Wildman–Crippen LogP) is 1.93. The molecule has 2 fully saturated rings. The third kappa shape index (κ3) is 1.82. The largest absolute Gasteiger partial charge is 0.459 e. The Balaban J connectivity index is 1.83. The van der Waals surface area contributed by atoms with Gasteiger partial charge in [0.1, 0.15) is 6.10 Å². The zero-order valence-corrected chi connectivity index (χ0v) is 8.24. The maximum absolute atomic E-state index is 13.5. The van der Waals surface area contributed by atoms with Crippen LogP contribution in [0.4, 0.5) is 4.39 Å². The highest BCUT2D eigenvalue weighted by Gasteiger charge is 2.47. The first-order valence-electron chi connectivity index (χ1n) is 4.68. The van der Waals surface area contributed by atoms with Gasteiger partial charge in [-0.05, 0) is 31.4 Å². The van der Waals surface area contributed by atoms with Gasteiger partial charge in [0.15, 0.2) is 0 Å². The highest BCUT2D eigenvalue weighted by molar-refractivity contribution is 7.99. The maximum atomic E-state index is 13.5. The normalized spacial score (nSPS) is 31.0. The Hall–Kier alpha value is -0.250. The standard InChI is InChI=1S/C9H13FO2S/c10-9(3-1-4-9)8(11)12-7-2-5-13-6-7/h7H,1-6H2. The number of rotatable bonds is 2. The molecule has 1 aliphatic heterocycles. The smallest absolute Gasteiger partial charge is 0.344 e. The van der Waals surface area contributed by atoms with Crippen LogP contribution < -0.4 is 0 Å². The van der Waals surface area contributed by atoms with Crippen LogP contribution >= 0.6 is 11.8 Å². The van der Waals surface area contributed by atoms with E-state index in [0.717, 1.165) is 24.3 Å². The van der Waals surface area contributed by atoms with E-state index >= 15 is 0 Å². The second-order valence-electron chi connectivity index (χ2n) is 3.71. The van der Waals surface area contributed by atoms with E-state index in [1.807, 2.05) is 0 Å². The molecule has 0 aromatic rings. The fraction of sp³-hybridized carbons (Fsp3) is 0.889. The molecular weight excluding hydrogens is 191 g/mol. The lowest BCUT2D eigenvalue weighted by Gasteiger charge is -2.31. The van der Waals surface area contributed by atoms with Crippen LogP contribution in [0.5, 0.6) is 0 Å². The summed E-state index contributed by atoms with van der Waals surface area (Å²) in [7, 11) is 0. The van der Waals surface area contributed by atoms with Crippen molar-refractivity contribution in [3.05, 3.63) is 0 Å². The Morgan fingerprint density at radius 2 is 2.31 bits per heavy atom. The lowest BCUT2D eigenvalue weighted by atomic mass is 9.82. The topological polar surface area (TPSA) is 26.3 Å². The van der Waals surface area contributed by atoms with Crippen molar-refractivity contribution >= 4 is 17.7 Å². The molecule has 0 aromatic carbocycles. The van der Waals surface area contributed by atoms with Gasteiger partial charge in [-0.2, -0.15) is 11.8 Å². The number of hydrogen-bond donors (Lipinski definition) is 0. The zero-order valence-electron chi connectivity index (χ0n) is 7.42. The average molecular weight is 204 g/mol. The number of carbonyl (C=O) groups excluding carboxylic acids is 1. The van der Waals surface area contributed by atoms with Gasteiger partial charge in [-0.3, -0.25) is 0 Å². The summed E-state index contributed by atoms with van der Waals surface area (Å²) in [5.74, 6) is 1.24. The van der Waals surface area contributed by atoms with E-state index in [4.69, 9.17) is 4.74 Å². The van der Waals surface area contributed by atoms with Crippen molar-refractivity contribution in [2.24, 2.45) is 0 Å². The van der Waals surface area contributed by atoms with Crippen molar-refractivity contribution < 1.29 is 13.9 Å². The number of alkyl halides is 1. The maximum Gasteiger partial charge on any atom is 0.344 e. The highest BCUT2D eigenvalue weighted by atomic mass is 32.2. The zero-order chi connectivity index (χ0) is 9.31. The van der Waals surface area contributed by atoms with Gasteiger partial charge < -0.3 is 4.74 Å². The molecule has 1 atom stereocenters. The van der Waals surface area contributed by atoms with E-state index in [0.29, 0.717) is 12.8 Å². The number of ether oxygens (including phenoxy) is 1. The van der Waals surface area contributed by atoms with Crippen LogP contribution in [0.1, 0.15) is 25.7 Å². The summed E-state index contributed by atoms with van der Waals surface area (Å²) in [5.41, 5.74) is -1.63. The predicted molar refractivity (Wildman–Crippen MR) is 49.5 cm³/mol. The minimum atomic E-state index is -1.63. The fourth-order valence-corrected chi connectivity index (χ4v) is 2.65. The molecule has 2 rings (SSSR count). The molecule has 0 bridgehead atoms. The Morgan fingerprint density at radius 3 is 2.77 bits per heavy atom. The molecule has 0 spiro atoms. The molecular formula is C9H13FO2S. The second kappa shape index (κ2) is 3.48. The molecule has 0 aromatic heterocycles. The molecule has 1 saturated carbocycles. The third-order valence-corrected chi connectivity index (χ3v) is 3.81. The van der Waals surface area contributed by atoms with E-state index in [-0.39, 0.29) is 6.10 Å². The van der Waals surface area contributed by atoms with E-state index in [2.05, 4.69) is 0 Å². The summed E-state index contributed by atoms with van der Waals surface area (Å²) >= 11 is 1.76. The molecule has 74 valence electrons. The summed E-state index contributed by atoms with van der Waals surface area (Å²) in [4.78, 5) is 11.3. The molecule has 2 nitrogen and oxygen atoms in total. The monoisotopic (exact) mass is 204 g/mol. The van der Waals surface area contributed by atoms with Gasteiger partial charge in [0, 0.05) is 5.75 Å². The second-order valence-corrected chi connectivity index (χ2v) is 4.86. The van der Waals surface area contributed by atoms with Gasteiger partial charge in [-0.25, -0.2) is 9.18 Å². The molecule has 1 unspecified atom stereocenters. The quantitative estimate of drug-likeness (QED) is 0.643. The molecule has 2 aliphatic rings. The lowest BCUT2D eigenvalue weighted by Crippen LogP contribution is -2.43. The van der Waals surface area contributed by atoms with Gasteiger partial charge in [-0.15, -0.1) is 0 Å². The highest BCUT2D eigenvalue weighted by Crippen LogP contribution is 2.37. The number of halogens is 1. The third-order valence-electron chi connectivity index (χ3n) is 2.67. The van der Waals surface area contributed by atoms with Gasteiger partial charge in [0.05, 0.1) is 0 Å². The van der Waals surface area contributed by atoms with E-state index < -0.39 is 11.6 Å². The Bertz CT molecular complexity index is 210. The molecule has 1 heterocycles. The molecule has 0 N–H and O–H groups in total. The van der Waals surface area contributed by atoms with Crippen LogP contribution in [0.25, 0.3) is 0 Å². The Kier molecular flexibility index (Phi) is 2.49. The molecule has 1 saturated heterocycles. The van der Waals surface area contributed by atoms with Gasteiger partial charge >= 0.3 is 5.97 Å². The fourth-order valence-electron chi connectivity index (χ4n) is 1.55. The van der Waals surface area contributed by atoms with Crippen molar-refractivity contribution in [1.29, 1.82) is 0 Å². The summed E-state index contributed by atoms with van der Waals surface area (Å²) < 4.78 is 18.6. The van der Waals surface area contributed by atoms with Crippen LogP contribution in [0.15, 0.2) is 0 Å². The van der Waals surface area contributed by atoms with Crippen LogP contribution in [0.3, 0.4) is 0 Å². The average Bonchev–Trinajstić information content (AvgIpc) is 2.52. The van der Waals surface area contributed by atoms with Crippen molar-refractivity contribution in [3.63, 3.8) is 0 Å². The first-order chi connectivity index (χ1) is 6.21. The van der Waals surface area contributed by atoms with Crippen molar-refractivity contribution in [1.82, 2.24) is 0 Å². The van der Waals surface area contributed by atoms with Gasteiger partial charge in [-0.1, -0.05) is 0 Å². The molecule has 13 heavy (non-hydrogen) atoms. The van der Waals surface area contributed by atoms with E-state index in [1.165, 1.54) is 0 Å². The van der Waals surface area contributed by atoms with Crippen LogP contribution in [0, 0.1) is 0 Å². The molecule has 0 radical (unpaired) electrons. The Labute approximate surface area is 81.2 Å². The van der Waals surface area contributed by atoms with Gasteiger partial charge in [0.2, 0.25) is 5.67 Å². The van der Waals surface area contributed by atoms with Crippen molar-refractivity contribution in [2.45, 2.75) is 37.5 Å². The van der Waals surface area contributed by atoms with Crippen molar-refractivity contribution in [2.75, 3.05) is 11.5 Å². The summed E-state index contributed by atoms with van der Waals surface area (Å²) in [6.45, 7) is 0. The lowest BCUT2D eigenvalue weighted by molar-refractivity contribution is -0.168. The Morgan fingerprint density at radius 1 is 1.54 bits per heavy atom. The van der Waals surface area contributed by atoms with Gasteiger partial charge in [0.25, 0.3) is 0 Å². The summed E-state index contributed by atoms with van der Waals surface area (Å²) in [6.07, 6.45) is 2.36. The van der Waals surface area contributed by atoms with Crippen LogP contribution in [-0.4, -0.2) is 29.2 Å². The number of carbonyl (C=O) groups is 1. The summed E-state index contributed by atoms with van der Waals surface area (Å²) in [6, 6.07) is 0. The van der Waals surface area contributed by atoms with E-state index in [9.17, 15) is 9.18 Å². The first kappa shape index (κ1) is 9.31. The summed E-state index contributed by atoms with van der Waals surface area (Å²) in [5, 5.41) is 0. The van der Waals surface area contributed by atoms with Crippen LogP contribution in [-0.2, 0) is 9.53 Å². The number of esters is 1. The number of thioether (sulfide) groups is 1. The van der Waals surface area contributed by atoms with Crippen molar-refractivity contribution in [3.8, 4) is 0 Å². The molecule has 4 heteroatoms. The van der Waals surface area contributed by atoms with Crippen LogP contribution in [0.2, 0.25) is 0 Å². The minimum Gasteiger partial charge on any atom is -0.459 e. The molecule has 0 amide bonds. The minimum absolute atomic E-state index is 0.0364. The first-order valence-corrected chi connectivity index (χ1v) is 5.84. The van der Waals surface area contributed by atoms with E-state index in [1.54, 1.807) is 11.8 Å².